The number of aliphatic hydroxyl groups excluding tert-OH is 1. The summed E-state index contributed by atoms with van der Waals surface area (Å²) in [5.74, 6) is 0. The molecule has 5 heteroatoms. The second-order valence-electron chi connectivity index (χ2n) is 4.21. The minimum Gasteiger partial charge on any atom is -0.391 e. The molecule has 2 unspecified atom stereocenters. The van der Waals surface area contributed by atoms with E-state index in [2.05, 4.69) is 18.5 Å². The fraction of sp³-hybridized carbons (Fsp3) is 0.500. The van der Waals surface area contributed by atoms with Crippen LogP contribution in [0.5, 0.6) is 0 Å². The van der Waals surface area contributed by atoms with Gasteiger partial charge < -0.3 is 10.4 Å². The van der Waals surface area contributed by atoms with Gasteiger partial charge in [0, 0.05) is 12.1 Å². The number of hydrogen-bond acceptors (Lipinski definition) is 4. The van der Waals surface area contributed by atoms with Crippen molar-refractivity contribution in [1.82, 2.24) is 5.32 Å². The van der Waals surface area contributed by atoms with E-state index in [9.17, 15) is 15.2 Å². The van der Waals surface area contributed by atoms with Crippen molar-refractivity contribution in [3.63, 3.8) is 0 Å². The van der Waals surface area contributed by atoms with E-state index in [4.69, 9.17) is 0 Å². The highest BCUT2D eigenvalue weighted by Crippen LogP contribution is 2.15. The van der Waals surface area contributed by atoms with Crippen LogP contribution in [-0.2, 0) is 0 Å². The molecule has 0 aromatic heterocycles. The van der Waals surface area contributed by atoms with Gasteiger partial charge in [-0.25, -0.2) is 0 Å². The van der Waals surface area contributed by atoms with E-state index in [0.29, 0.717) is 12.0 Å². The summed E-state index contributed by atoms with van der Waals surface area (Å²) in [5, 5.41) is 23.4. The molecule has 0 amide bonds. The van der Waals surface area contributed by atoms with Crippen molar-refractivity contribution in [2.75, 3.05) is 6.54 Å². The highest BCUT2D eigenvalue weighted by molar-refractivity contribution is 5.21. The molecule has 1 aliphatic rings. The lowest BCUT2D eigenvalue weighted by Crippen LogP contribution is -2.34. The van der Waals surface area contributed by atoms with Crippen molar-refractivity contribution >= 4 is 0 Å². The summed E-state index contributed by atoms with van der Waals surface area (Å²) in [6.07, 6.45) is 4.79. The second kappa shape index (κ2) is 6.32. The van der Waals surface area contributed by atoms with Crippen molar-refractivity contribution < 1.29 is 10.0 Å². The fourth-order valence-electron chi connectivity index (χ4n) is 1.79. The fourth-order valence-corrected chi connectivity index (χ4v) is 1.79. The first-order chi connectivity index (χ1) is 8.00. The van der Waals surface area contributed by atoms with Crippen LogP contribution in [0.15, 0.2) is 36.6 Å². The van der Waals surface area contributed by atoms with Gasteiger partial charge in [0.15, 0.2) is 0 Å². The molecular formula is C12H18N2O3. The van der Waals surface area contributed by atoms with Gasteiger partial charge in [-0.3, -0.25) is 10.1 Å². The number of nitrogens with zero attached hydrogens (tertiary/aromatic N) is 1. The molecule has 0 spiro atoms. The Morgan fingerprint density at radius 2 is 2.29 bits per heavy atom. The van der Waals surface area contributed by atoms with Gasteiger partial charge in [-0.2, -0.15) is 0 Å². The number of aliphatic hydroxyl groups is 1. The van der Waals surface area contributed by atoms with Crippen LogP contribution in [0.4, 0.5) is 0 Å². The van der Waals surface area contributed by atoms with Gasteiger partial charge >= 0.3 is 0 Å². The van der Waals surface area contributed by atoms with Crippen molar-refractivity contribution in [2.24, 2.45) is 0 Å². The molecule has 1 aliphatic heterocycles. The molecule has 0 radical (unpaired) electrons. The van der Waals surface area contributed by atoms with E-state index in [0.717, 1.165) is 19.4 Å². The van der Waals surface area contributed by atoms with E-state index in [1.54, 1.807) is 0 Å². The number of allylic oxidation sites excluding steroid dienone is 2. The smallest absolute Gasteiger partial charge is 0.262 e. The first-order valence-corrected chi connectivity index (χ1v) is 5.61. The Morgan fingerprint density at radius 3 is 2.82 bits per heavy atom. The maximum Gasteiger partial charge on any atom is 0.262 e. The zero-order valence-corrected chi connectivity index (χ0v) is 9.76. The second-order valence-corrected chi connectivity index (χ2v) is 4.21. The summed E-state index contributed by atoms with van der Waals surface area (Å²) in [7, 11) is 0. The van der Waals surface area contributed by atoms with Gasteiger partial charge in [-0.15, -0.1) is 0 Å². The summed E-state index contributed by atoms with van der Waals surface area (Å²) < 4.78 is 0. The molecular weight excluding hydrogens is 220 g/mol. The molecule has 17 heavy (non-hydrogen) atoms. The maximum atomic E-state index is 10.3. The Labute approximate surface area is 101 Å². The zero-order valence-electron chi connectivity index (χ0n) is 9.76. The van der Waals surface area contributed by atoms with E-state index >= 15 is 0 Å². The SMILES string of the molecule is C=C(/C=C\C(=C)[N+](=O)[O-])CC(O)C1CCCN1. The lowest BCUT2D eigenvalue weighted by molar-refractivity contribution is -0.418. The molecule has 0 bridgehead atoms. The van der Waals surface area contributed by atoms with Crippen molar-refractivity contribution in [3.8, 4) is 0 Å². The Bertz CT molecular complexity index is 344. The largest absolute Gasteiger partial charge is 0.391 e. The molecule has 0 aromatic rings. The topological polar surface area (TPSA) is 75.4 Å². The van der Waals surface area contributed by atoms with Crippen LogP contribution < -0.4 is 5.32 Å². The predicted molar refractivity (Wildman–Crippen MR) is 66.1 cm³/mol. The number of hydrogen-bond donors (Lipinski definition) is 2. The van der Waals surface area contributed by atoms with Gasteiger partial charge in [-0.1, -0.05) is 18.2 Å². The van der Waals surface area contributed by atoms with Crippen LogP contribution >= 0.6 is 0 Å². The molecule has 1 heterocycles. The minimum absolute atomic E-state index is 0.110. The highest BCUT2D eigenvalue weighted by Gasteiger charge is 2.22. The molecule has 5 nitrogen and oxygen atoms in total. The van der Waals surface area contributed by atoms with E-state index in [-0.39, 0.29) is 11.7 Å². The zero-order chi connectivity index (χ0) is 12.8. The van der Waals surface area contributed by atoms with Crippen molar-refractivity contribution in [2.45, 2.75) is 31.4 Å². The Balaban J connectivity index is 2.38. The number of nitro groups is 1. The lowest BCUT2D eigenvalue weighted by atomic mass is 10.0. The normalized spacial score (nSPS) is 21.6. The molecule has 0 saturated carbocycles. The summed E-state index contributed by atoms with van der Waals surface area (Å²) >= 11 is 0. The quantitative estimate of drug-likeness (QED) is 0.416. The molecule has 2 atom stereocenters. The number of nitrogens with one attached hydrogen (secondary N) is 1. The van der Waals surface area contributed by atoms with Crippen LogP contribution in [-0.4, -0.2) is 28.7 Å². The molecule has 2 N–H and O–H groups in total. The summed E-state index contributed by atoms with van der Waals surface area (Å²) in [6.45, 7) is 7.97. The Kier molecular flexibility index (Phi) is 5.06. The summed E-state index contributed by atoms with van der Waals surface area (Å²) in [6, 6.07) is 0.110. The van der Waals surface area contributed by atoms with Crippen LogP contribution in [0.1, 0.15) is 19.3 Å². The minimum atomic E-state index is -0.557. The van der Waals surface area contributed by atoms with Crippen molar-refractivity contribution in [3.05, 3.63) is 46.7 Å². The maximum absolute atomic E-state index is 10.3. The molecule has 0 aliphatic carbocycles. The first-order valence-electron chi connectivity index (χ1n) is 5.61. The molecule has 1 fully saturated rings. The molecule has 1 rings (SSSR count). The van der Waals surface area contributed by atoms with Crippen LogP contribution in [0, 0.1) is 10.1 Å². The highest BCUT2D eigenvalue weighted by atomic mass is 16.6. The van der Waals surface area contributed by atoms with Gasteiger partial charge in [0.25, 0.3) is 5.70 Å². The monoisotopic (exact) mass is 238 g/mol. The van der Waals surface area contributed by atoms with Crippen molar-refractivity contribution in [1.29, 1.82) is 0 Å². The molecule has 1 saturated heterocycles. The molecule has 94 valence electrons. The Morgan fingerprint density at radius 1 is 1.59 bits per heavy atom. The van der Waals surface area contributed by atoms with Gasteiger partial charge in [0.1, 0.15) is 0 Å². The average Bonchev–Trinajstić information content (AvgIpc) is 2.78. The van der Waals surface area contributed by atoms with E-state index in [1.165, 1.54) is 12.2 Å². The third-order valence-electron chi connectivity index (χ3n) is 2.78. The van der Waals surface area contributed by atoms with Crippen LogP contribution in [0.2, 0.25) is 0 Å². The van der Waals surface area contributed by atoms with Gasteiger partial charge in [0.05, 0.1) is 11.0 Å². The van der Waals surface area contributed by atoms with Crippen LogP contribution in [0.3, 0.4) is 0 Å². The lowest BCUT2D eigenvalue weighted by Gasteiger charge is -2.18. The average molecular weight is 238 g/mol. The predicted octanol–water partition coefficient (Wildman–Crippen LogP) is 1.39. The summed E-state index contributed by atoms with van der Waals surface area (Å²) in [4.78, 5) is 9.75. The number of rotatable bonds is 6. The Hall–Kier alpha value is -1.46. The summed E-state index contributed by atoms with van der Waals surface area (Å²) in [5.41, 5.74) is 0.480. The first kappa shape index (κ1) is 13.6. The van der Waals surface area contributed by atoms with E-state index < -0.39 is 11.0 Å². The standard InChI is InChI=1S/C12H18N2O3/c1-9(5-6-10(2)14(16)17)8-12(15)11-4-3-7-13-11/h5-6,11-13,15H,1-4,7-8H2/b6-5-. The van der Waals surface area contributed by atoms with Crippen LogP contribution in [0.25, 0.3) is 0 Å². The third kappa shape index (κ3) is 4.50. The third-order valence-corrected chi connectivity index (χ3v) is 2.78. The van der Waals surface area contributed by atoms with Gasteiger partial charge in [0.2, 0.25) is 0 Å². The van der Waals surface area contributed by atoms with E-state index in [1.807, 2.05) is 0 Å². The van der Waals surface area contributed by atoms with Gasteiger partial charge in [-0.05, 0) is 32.4 Å². The molecule has 0 aromatic carbocycles.